The predicted molar refractivity (Wildman–Crippen MR) is 105 cm³/mol. The minimum Gasteiger partial charge on any atom is -0.480 e. The van der Waals surface area contributed by atoms with Crippen LogP contribution in [0, 0.1) is 0 Å². The Morgan fingerprint density at radius 1 is 1.33 bits per heavy atom. The van der Waals surface area contributed by atoms with Crippen LogP contribution in [0.1, 0.15) is 32.1 Å². The summed E-state index contributed by atoms with van der Waals surface area (Å²) < 4.78 is 0. The van der Waals surface area contributed by atoms with E-state index in [-0.39, 0.29) is 24.8 Å². The van der Waals surface area contributed by atoms with Gasteiger partial charge < -0.3 is 32.5 Å². The molecule has 11 heteroatoms. The molecular weight excluding hydrogens is 372 g/mol. The molecule has 1 heterocycles. The van der Waals surface area contributed by atoms with Crippen molar-refractivity contribution in [2.75, 3.05) is 25.1 Å². The number of nitrogens with one attached hydrogen (secondary N) is 1. The maximum absolute atomic E-state index is 12.6. The first-order valence-electron chi connectivity index (χ1n) is 8.91. The Hall–Kier alpha value is -2.01. The number of nitrogens with two attached hydrogens (primary N) is 3. The molecule has 1 aliphatic heterocycles. The van der Waals surface area contributed by atoms with Crippen LogP contribution in [0.25, 0.3) is 0 Å². The van der Waals surface area contributed by atoms with Gasteiger partial charge in [0.1, 0.15) is 12.1 Å². The van der Waals surface area contributed by atoms with Gasteiger partial charge in [-0.25, -0.2) is 4.79 Å². The normalized spacial score (nSPS) is 18.6. The number of carbonyl (C=O) groups excluding carboxylic acids is 2. The number of carboxylic acids is 1. The number of carboxylic acid groups (broad SMARTS) is 1. The summed E-state index contributed by atoms with van der Waals surface area (Å²) in [5.74, 6) is -1.17. The van der Waals surface area contributed by atoms with Crippen molar-refractivity contribution in [2.45, 2.75) is 50.2 Å². The number of hydrogen-bond acceptors (Lipinski definition) is 6. The third kappa shape index (κ3) is 7.63. The van der Waals surface area contributed by atoms with Gasteiger partial charge in [-0.15, -0.1) is 0 Å². The number of carbonyl (C=O) groups is 3. The van der Waals surface area contributed by atoms with E-state index in [0.29, 0.717) is 32.2 Å². The zero-order valence-corrected chi connectivity index (χ0v) is 16.4. The van der Waals surface area contributed by atoms with Crippen molar-refractivity contribution in [3.63, 3.8) is 0 Å². The number of amides is 2. The molecule has 8 N–H and O–H groups in total. The van der Waals surface area contributed by atoms with Crippen molar-refractivity contribution in [3.8, 4) is 0 Å². The molecule has 10 nitrogen and oxygen atoms in total. The minimum atomic E-state index is -1.14. The Labute approximate surface area is 163 Å². The van der Waals surface area contributed by atoms with Crippen molar-refractivity contribution >= 4 is 35.5 Å². The van der Waals surface area contributed by atoms with Gasteiger partial charge in [-0.1, -0.05) is 0 Å². The maximum Gasteiger partial charge on any atom is 0.326 e. The first kappa shape index (κ1) is 23.0. The lowest BCUT2D eigenvalue weighted by molar-refractivity contribution is -0.144. The van der Waals surface area contributed by atoms with E-state index in [1.54, 1.807) is 11.8 Å². The lowest BCUT2D eigenvalue weighted by atomic mass is 10.1. The monoisotopic (exact) mass is 402 g/mol. The molecule has 27 heavy (non-hydrogen) atoms. The fourth-order valence-corrected chi connectivity index (χ4v) is 3.40. The molecule has 0 aliphatic carbocycles. The van der Waals surface area contributed by atoms with E-state index in [9.17, 15) is 19.5 Å². The molecule has 2 amide bonds. The molecule has 0 bridgehead atoms. The van der Waals surface area contributed by atoms with Crippen LogP contribution in [0.3, 0.4) is 0 Å². The number of likely N-dealkylation sites (tertiary alicyclic amines) is 1. The first-order chi connectivity index (χ1) is 12.8. The maximum atomic E-state index is 12.6. The highest BCUT2D eigenvalue weighted by Crippen LogP contribution is 2.19. The summed E-state index contributed by atoms with van der Waals surface area (Å²) in [7, 11) is 0. The summed E-state index contributed by atoms with van der Waals surface area (Å²) >= 11 is 1.60. The van der Waals surface area contributed by atoms with Crippen molar-refractivity contribution in [1.29, 1.82) is 0 Å². The number of thioether (sulfide) groups is 1. The molecule has 0 radical (unpaired) electrons. The van der Waals surface area contributed by atoms with Crippen molar-refractivity contribution < 1.29 is 19.5 Å². The van der Waals surface area contributed by atoms with E-state index < -0.39 is 30.0 Å². The van der Waals surface area contributed by atoms with Crippen LogP contribution in [-0.4, -0.2) is 77.0 Å². The summed E-state index contributed by atoms with van der Waals surface area (Å²) in [5, 5.41) is 11.9. The molecule has 1 fully saturated rings. The highest BCUT2D eigenvalue weighted by molar-refractivity contribution is 7.98. The quantitative estimate of drug-likeness (QED) is 0.160. The second-order valence-electron chi connectivity index (χ2n) is 6.43. The second kappa shape index (κ2) is 11.7. The van der Waals surface area contributed by atoms with Gasteiger partial charge >= 0.3 is 5.97 Å². The van der Waals surface area contributed by atoms with E-state index in [4.69, 9.17) is 17.2 Å². The summed E-state index contributed by atoms with van der Waals surface area (Å²) in [6.45, 7) is 0.729. The summed E-state index contributed by atoms with van der Waals surface area (Å²) in [6, 6.07) is -2.40. The average molecular weight is 403 g/mol. The molecule has 0 unspecified atom stereocenters. The Morgan fingerprint density at radius 3 is 2.63 bits per heavy atom. The largest absolute Gasteiger partial charge is 0.480 e. The van der Waals surface area contributed by atoms with E-state index in [0.717, 1.165) is 5.75 Å². The molecular formula is C16H30N6O4S. The SMILES string of the molecule is CSCC[C@H](N)C(=O)N1CCC[C@H]1C(=O)N[C@@H](CCCN=C(N)N)C(=O)O. The lowest BCUT2D eigenvalue weighted by Gasteiger charge is -2.27. The Bertz CT molecular complexity index is 555. The van der Waals surface area contributed by atoms with E-state index in [1.807, 2.05) is 6.26 Å². The van der Waals surface area contributed by atoms with E-state index in [2.05, 4.69) is 10.3 Å². The minimum absolute atomic E-state index is 0.0659. The van der Waals surface area contributed by atoms with E-state index in [1.165, 1.54) is 4.90 Å². The zero-order valence-electron chi connectivity index (χ0n) is 15.6. The highest BCUT2D eigenvalue weighted by Gasteiger charge is 2.37. The second-order valence-corrected chi connectivity index (χ2v) is 7.41. The molecule has 154 valence electrons. The molecule has 0 spiro atoms. The van der Waals surface area contributed by atoms with Crippen LogP contribution in [0.5, 0.6) is 0 Å². The van der Waals surface area contributed by atoms with E-state index >= 15 is 0 Å². The van der Waals surface area contributed by atoms with Crippen LogP contribution >= 0.6 is 11.8 Å². The zero-order chi connectivity index (χ0) is 20.4. The van der Waals surface area contributed by atoms with Crippen molar-refractivity contribution in [1.82, 2.24) is 10.2 Å². The standard InChI is InChI=1S/C16H30N6O4S/c1-27-9-6-10(17)14(24)22-8-3-5-12(22)13(23)21-11(15(25)26)4-2-7-20-16(18)19/h10-12H,2-9,17H2,1H3,(H,21,23)(H,25,26)(H4,18,19,20)/t10-,11-,12-/m0/s1. The summed E-state index contributed by atoms with van der Waals surface area (Å²) in [5.41, 5.74) is 16.4. The van der Waals surface area contributed by atoms with Crippen LogP contribution in [0.2, 0.25) is 0 Å². The molecule has 3 atom stereocenters. The smallest absolute Gasteiger partial charge is 0.326 e. The van der Waals surface area contributed by atoms with Gasteiger partial charge in [-0.05, 0) is 44.1 Å². The molecule has 1 aliphatic rings. The van der Waals surface area contributed by atoms with Gasteiger partial charge in [0.2, 0.25) is 11.8 Å². The topological polar surface area (TPSA) is 177 Å². The number of aliphatic carboxylic acids is 1. The number of guanidine groups is 1. The molecule has 0 aromatic heterocycles. The van der Waals surface area contributed by atoms with Crippen molar-refractivity contribution in [3.05, 3.63) is 0 Å². The van der Waals surface area contributed by atoms with Gasteiger partial charge in [0.15, 0.2) is 5.96 Å². The van der Waals surface area contributed by atoms with Gasteiger partial charge in [0.25, 0.3) is 0 Å². The van der Waals surface area contributed by atoms with Crippen LogP contribution < -0.4 is 22.5 Å². The Kier molecular flexibility index (Phi) is 9.94. The Balaban J connectivity index is 2.64. The van der Waals surface area contributed by atoms with Gasteiger partial charge in [-0.2, -0.15) is 11.8 Å². The van der Waals surface area contributed by atoms with Crippen LogP contribution in [-0.2, 0) is 14.4 Å². The fraction of sp³-hybridized carbons (Fsp3) is 0.750. The van der Waals surface area contributed by atoms with Crippen LogP contribution in [0.15, 0.2) is 4.99 Å². The van der Waals surface area contributed by atoms with Crippen LogP contribution in [0.4, 0.5) is 0 Å². The number of nitrogens with zero attached hydrogens (tertiary/aromatic N) is 2. The third-order valence-corrected chi connectivity index (χ3v) is 4.99. The molecule has 0 aromatic rings. The fourth-order valence-electron chi connectivity index (χ4n) is 2.91. The van der Waals surface area contributed by atoms with Gasteiger partial charge in [0.05, 0.1) is 6.04 Å². The number of aliphatic imine (C=N–C) groups is 1. The van der Waals surface area contributed by atoms with Crippen molar-refractivity contribution in [2.24, 2.45) is 22.2 Å². The van der Waals surface area contributed by atoms with Gasteiger partial charge in [0, 0.05) is 13.1 Å². The number of rotatable bonds is 11. The number of hydrogen-bond donors (Lipinski definition) is 5. The summed E-state index contributed by atoms with van der Waals surface area (Å²) in [6.07, 6.45) is 4.23. The average Bonchev–Trinajstić information content (AvgIpc) is 3.10. The highest BCUT2D eigenvalue weighted by atomic mass is 32.2. The first-order valence-corrected chi connectivity index (χ1v) is 10.3. The molecule has 0 saturated carbocycles. The molecule has 1 rings (SSSR count). The lowest BCUT2D eigenvalue weighted by Crippen LogP contribution is -2.54. The Morgan fingerprint density at radius 2 is 2.04 bits per heavy atom. The predicted octanol–water partition coefficient (Wildman–Crippen LogP) is -1.32. The van der Waals surface area contributed by atoms with Gasteiger partial charge in [-0.3, -0.25) is 14.6 Å². The molecule has 1 saturated heterocycles. The molecule has 0 aromatic carbocycles. The third-order valence-electron chi connectivity index (χ3n) is 4.35. The summed E-state index contributed by atoms with van der Waals surface area (Å²) in [4.78, 5) is 41.8.